The van der Waals surface area contributed by atoms with E-state index in [0.717, 1.165) is 24.2 Å². The third kappa shape index (κ3) is 1.53. The summed E-state index contributed by atoms with van der Waals surface area (Å²) in [5.41, 5.74) is 2.67. The van der Waals surface area contributed by atoms with Crippen LogP contribution < -0.4 is 5.32 Å². The molecule has 1 N–H and O–H groups in total. The number of benzene rings is 1. The van der Waals surface area contributed by atoms with Gasteiger partial charge in [-0.15, -0.1) is 0 Å². The van der Waals surface area contributed by atoms with Crippen molar-refractivity contribution in [3.63, 3.8) is 0 Å². The number of carbonyl (C=O) groups is 1. The highest BCUT2D eigenvalue weighted by Gasteiger charge is 2.43. The Morgan fingerprint density at radius 1 is 1.42 bits per heavy atom. The average molecular weight is 258 g/mol. The van der Waals surface area contributed by atoms with Crippen LogP contribution in [0.4, 0.5) is 0 Å². The largest absolute Gasteiger partial charge is 0.467 e. The van der Waals surface area contributed by atoms with Gasteiger partial charge in [0, 0.05) is 24.5 Å². The molecule has 0 saturated carbocycles. The van der Waals surface area contributed by atoms with E-state index in [1.165, 1.54) is 18.1 Å². The monoisotopic (exact) mass is 258 g/mol. The standard InChI is InChI=1S/C15H18N2O2/c1-15(14(18)19-3)13-11(8-9-16-15)10-6-4-5-7-12(10)17(13)2/h4-7,16H,8-9H2,1-3H3. The first-order valence-corrected chi connectivity index (χ1v) is 6.50. The zero-order valence-corrected chi connectivity index (χ0v) is 11.5. The highest BCUT2D eigenvalue weighted by atomic mass is 16.5. The minimum absolute atomic E-state index is 0.237. The molecular weight excluding hydrogens is 240 g/mol. The molecule has 0 saturated heterocycles. The van der Waals surface area contributed by atoms with Crippen LogP contribution in [0.2, 0.25) is 0 Å². The molecule has 0 bridgehead atoms. The summed E-state index contributed by atoms with van der Waals surface area (Å²) in [5, 5.41) is 4.54. The Morgan fingerprint density at radius 3 is 2.89 bits per heavy atom. The van der Waals surface area contributed by atoms with Gasteiger partial charge in [0.25, 0.3) is 0 Å². The lowest BCUT2D eigenvalue weighted by Gasteiger charge is -2.33. The van der Waals surface area contributed by atoms with Crippen molar-refractivity contribution in [2.45, 2.75) is 18.9 Å². The molecule has 0 aliphatic carbocycles. The maximum atomic E-state index is 12.2. The molecular formula is C15H18N2O2. The molecule has 0 radical (unpaired) electrons. The SMILES string of the molecule is COC(=O)C1(C)NCCc2c1n(C)c1ccccc21. The van der Waals surface area contributed by atoms with E-state index >= 15 is 0 Å². The van der Waals surface area contributed by atoms with Crippen LogP contribution in [0.3, 0.4) is 0 Å². The van der Waals surface area contributed by atoms with Crippen molar-refractivity contribution in [2.24, 2.45) is 7.05 Å². The Balaban J connectivity index is 2.34. The van der Waals surface area contributed by atoms with Gasteiger partial charge in [-0.2, -0.15) is 0 Å². The number of rotatable bonds is 1. The highest BCUT2D eigenvalue weighted by Crippen LogP contribution is 2.36. The van der Waals surface area contributed by atoms with Crippen LogP contribution >= 0.6 is 0 Å². The van der Waals surface area contributed by atoms with E-state index in [4.69, 9.17) is 4.74 Å². The van der Waals surface area contributed by atoms with Gasteiger partial charge in [0.05, 0.1) is 12.8 Å². The van der Waals surface area contributed by atoms with Gasteiger partial charge in [-0.1, -0.05) is 18.2 Å². The topological polar surface area (TPSA) is 43.3 Å². The lowest BCUT2D eigenvalue weighted by molar-refractivity contribution is -0.148. The molecule has 0 amide bonds. The van der Waals surface area contributed by atoms with Crippen molar-refractivity contribution in [1.82, 2.24) is 9.88 Å². The van der Waals surface area contributed by atoms with Gasteiger partial charge >= 0.3 is 5.97 Å². The van der Waals surface area contributed by atoms with Gasteiger partial charge < -0.3 is 9.30 Å². The number of hydrogen-bond acceptors (Lipinski definition) is 3. The van der Waals surface area contributed by atoms with Crippen LogP contribution in [0.5, 0.6) is 0 Å². The fourth-order valence-corrected chi connectivity index (χ4v) is 3.26. The van der Waals surface area contributed by atoms with Crippen molar-refractivity contribution in [2.75, 3.05) is 13.7 Å². The van der Waals surface area contributed by atoms with E-state index in [0.29, 0.717) is 0 Å². The Morgan fingerprint density at radius 2 is 2.16 bits per heavy atom. The fourth-order valence-electron chi connectivity index (χ4n) is 3.26. The van der Waals surface area contributed by atoms with E-state index in [1.54, 1.807) is 0 Å². The number of hydrogen-bond donors (Lipinski definition) is 1. The van der Waals surface area contributed by atoms with Crippen LogP contribution in [0.25, 0.3) is 10.9 Å². The molecule has 2 heterocycles. The van der Waals surface area contributed by atoms with Crippen molar-refractivity contribution >= 4 is 16.9 Å². The Hall–Kier alpha value is -1.81. The second-order valence-electron chi connectivity index (χ2n) is 5.20. The summed E-state index contributed by atoms with van der Waals surface area (Å²) in [5.74, 6) is -0.237. The highest BCUT2D eigenvalue weighted by molar-refractivity contribution is 5.91. The molecule has 1 atom stereocenters. The van der Waals surface area contributed by atoms with Crippen molar-refractivity contribution in [3.8, 4) is 0 Å². The quantitative estimate of drug-likeness (QED) is 0.792. The first kappa shape index (κ1) is 12.2. The summed E-state index contributed by atoms with van der Waals surface area (Å²) >= 11 is 0. The molecule has 1 unspecified atom stereocenters. The van der Waals surface area contributed by atoms with E-state index in [9.17, 15) is 4.79 Å². The molecule has 1 aliphatic heterocycles. The smallest absolute Gasteiger partial charge is 0.331 e. The lowest BCUT2D eigenvalue weighted by Crippen LogP contribution is -2.52. The molecule has 3 rings (SSSR count). The first-order valence-electron chi connectivity index (χ1n) is 6.50. The number of aryl methyl sites for hydroxylation is 1. The molecule has 2 aromatic rings. The van der Waals surface area contributed by atoms with Crippen molar-refractivity contribution < 1.29 is 9.53 Å². The van der Waals surface area contributed by atoms with E-state index in [1.807, 2.05) is 26.1 Å². The second kappa shape index (κ2) is 4.10. The van der Waals surface area contributed by atoms with Crippen LogP contribution in [0.15, 0.2) is 24.3 Å². The number of fused-ring (bicyclic) bond motifs is 3. The van der Waals surface area contributed by atoms with Crippen LogP contribution in [0, 0.1) is 0 Å². The molecule has 0 fully saturated rings. The number of esters is 1. The summed E-state index contributed by atoms with van der Waals surface area (Å²) < 4.78 is 7.09. The minimum Gasteiger partial charge on any atom is -0.467 e. The number of methoxy groups -OCH3 is 1. The Labute approximate surface area is 112 Å². The van der Waals surface area contributed by atoms with Crippen LogP contribution in [-0.4, -0.2) is 24.2 Å². The summed E-state index contributed by atoms with van der Waals surface area (Å²) in [7, 11) is 3.45. The number of nitrogens with zero attached hydrogens (tertiary/aromatic N) is 1. The zero-order valence-electron chi connectivity index (χ0n) is 11.5. The third-order valence-electron chi connectivity index (χ3n) is 4.13. The molecule has 100 valence electrons. The van der Waals surface area contributed by atoms with Gasteiger partial charge in [0.15, 0.2) is 5.54 Å². The summed E-state index contributed by atoms with van der Waals surface area (Å²) in [6.07, 6.45) is 0.934. The average Bonchev–Trinajstić information content (AvgIpc) is 2.73. The predicted octanol–water partition coefficient (Wildman–Crippen LogP) is 1.71. The van der Waals surface area contributed by atoms with Crippen molar-refractivity contribution in [3.05, 3.63) is 35.5 Å². The second-order valence-corrected chi connectivity index (χ2v) is 5.20. The number of nitrogens with one attached hydrogen (secondary N) is 1. The van der Waals surface area contributed by atoms with Gasteiger partial charge in [-0.25, -0.2) is 4.79 Å². The van der Waals surface area contributed by atoms with Crippen molar-refractivity contribution in [1.29, 1.82) is 0 Å². The Kier molecular flexibility index (Phi) is 2.64. The zero-order chi connectivity index (χ0) is 13.6. The first-order chi connectivity index (χ1) is 9.09. The molecule has 1 aliphatic rings. The van der Waals surface area contributed by atoms with E-state index < -0.39 is 5.54 Å². The molecule has 0 spiro atoms. The van der Waals surface area contributed by atoms with Crippen LogP contribution in [0.1, 0.15) is 18.2 Å². The van der Waals surface area contributed by atoms with Gasteiger partial charge in [0.2, 0.25) is 0 Å². The van der Waals surface area contributed by atoms with Gasteiger partial charge in [-0.05, 0) is 25.0 Å². The van der Waals surface area contributed by atoms with Crippen LogP contribution in [-0.2, 0) is 28.5 Å². The molecule has 19 heavy (non-hydrogen) atoms. The lowest BCUT2D eigenvalue weighted by atomic mass is 9.88. The molecule has 4 heteroatoms. The third-order valence-corrected chi connectivity index (χ3v) is 4.13. The maximum Gasteiger partial charge on any atom is 0.331 e. The normalized spacial score (nSPS) is 22.3. The predicted molar refractivity (Wildman–Crippen MR) is 74.0 cm³/mol. The fraction of sp³-hybridized carbons (Fsp3) is 0.400. The molecule has 1 aromatic carbocycles. The number of para-hydroxylation sites is 1. The minimum atomic E-state index is -0.768. The summed E-state index contributed by atoms with van der Waals surface area (Å²) in [4.78, 5) is 12.2. The number of aromatic nitrogens is 1. The molecule has 1 aromatic heterocycles. The molecule has 4 nitrogen and oxygen atoms in total. The number of carbonyl (C=O) groups excluding carboxylic acids is 1. The summed E-state index contributed by atoms with van der Waals surface area (Å²) in [6.45, 7) is 2.68. The maximum absolute atomic E-state index is 12.2. The van der Waals surface area contributed by atoms with E-state index in [2.05, 4.69) is 22.0 Å². The number of ether oxygens (including phenoxy) is 1. The van der Waals surface area contributed by atoms with E-state index in [-0.39, 0.29) is 5.97 Å². The summed E-state index contributed by atoms with van der Waals surface area (Å²) in [6, 6.07) is 8.28. The Bertz CT molecular complexity index is 659. The van der Waals surface area contributed by atoms with Gasteiger partial charge in [0.1, 0.15) is 0 Å². The van der Waals surface area contributed by atoms with Gasteiger partial charge in [-0.3, -0.25) is 5.32 Å².